The third kappa shape index (κ3) is 2.82. The van der Waals surface area contributed by atoms with Crippen LogP contribution in [0.5, 0.6) is 0 Å². The maximum absolute atomic E-state index is 11.0. The van der Waals surface area contributed by atoms with Gasteiger partial charge < -0.3 is 5.32 Å². The monoisotopic (exact) mass is 300 g/mol. The zero-order valence-electron chi connectivity index (χ0n) is 11.0. The van der Waals surface area contributed by atoms with Gasteiger partial charge in [0.2, 0.25) is 0 Å². The second-order valence-electron chi connectivity index (χ2n) is 4.47. The van der Waals surface area contributed by atoms with Gasteiger partial charge in [0, 0.05) is 47.9 Å². The van der Waals surface area contributed by atoms with Crippen LogP contribution in [-0.2, 0) is 6.42 Å². The van der Waals surface area contributed by atoms with Gasteiger partial charge in [0.15, 0.2) is 0 Å². The highest BCUT2D eigenvalue weighted by Crippen LogP contribution is 2.30. The molecule has 0 fully saturated rings. The molecule has 0 saturated heterocycles. The molecule has 0 radical (unpaired) electrons. The summed E-state index contributed by atoms with van der Waals surface area (Å²) in [4.78, 5) is 18.9. The molecule has 0 atom stereocenters. The van der Waals surface area contributed by atoms with Crippen molar-refractivity contribution in [3.05, 3.63) is 57.3 Å². The number of anilines is 1. The Labute approximate surface area is 124 Å². The fraction of sp³-hybridized carbons (Fsp3) is 0.143. The van der Waals surface area contributed by atoms with E-state index in [1.807, 2.05) is 10.9 Å². The van der Waals surface area contributed by atoms with Crippen LogP contribution >= 0.6 is 11.3 Å². The summed E-state index contributed by atoms with van der Waals surface area (Å²) in [6, 6.07) is 5.03. The molecule has 0 spiro atoms. The summed E-state index contributed by atoms with van der Waals surface area (Å²) in [5.74, 6) is 0. The molecule has 6 nitrogen and oxygen atoms in total. The number of non-ortho nitro benzene ring substituents is 1. The predicted octanol–water partition coefficient (Wildman–Crippen LogP) is 3.25. The normalized spacial score (nSPS) is 10.7. The van der Waals surface area contributed by atoms with E-state index in [0.717, 1.165) is 29.7 Å². The van der Waals surface area contributed by atoms with E-state index >= 15 is 0 Å². The lowest BCUT2D eigenvalue weighted by molar-refractivity contribution is -0.383. The molecule has 0 aliphatic heterocycles. The molecule has 0 saturated carbocycles. The Balaban J connectivity index is 1.85. The number of benzene rings is 1. The lowest BCUT2D eigenvalue weighted by Gasteiger charge is -2.09. The summed E-state index contributed by atoms with van der Waals surface area (Å²) >= 11 is 1.57. The highest BCUT2D eigenvalue weighted by atomic mass is 32.1. The smallest absolute Gasteiger partial charge is 0.278 e. The number of fused-ring (bicyclic) bond motifs is 1. The van der Waals surface area contributed by atoms with Crippen LogP contribution in [0.2, 0.25) is 0 Å². The molecule has 106 valence electrons. The van der Waals surface area contributed by atoms with Crippen LogP contribution in [-0.4, -0.2) is 21.4 Å². The maximum atomic E-state index is 11.0. The van der Waals surface area contributed by atoms with E-state index < -0.39 is 0 Å². The van der Waals surface area contributed by atoms with Gasteiger partial charge in [-0.2, -0.15) is 0 Å². The highest BCUT2D eigenvalue weighted by Gasteiger charge is 2.14. The van der Waals surface area contributed by atoms with Gasteiger partial charge in [-0.1, -0.05) is 0 Å². The van der Waals surface area contributed by atoms with Crippen LogP contribution in [0, 0.1) is 10.1 Å². The number of nitro groups is 1. The number of nitro benzene ring substituents is 1. The number of pyridine rings is 1. The molecule has 0 aliphatic rings. The van der Waals surface area contributed by atoms with Gasteiger partial charge in [0.1, 0.15) is 0 Å². The first-order valence-corrected chi connectivity index (χ1v) is 7.32. The zero-order valence-corrected chi connectivity index (χ0v) is 11.8. The first-order valence-electron chi connectivity index (χ1n) is 6.38. The average Bonchev–Trinajstić information content (AvgIpc) is 3.00. The van der Waals surface area contributed by atoms with Crippen LogP contribution < -0.4 is 5.32 Å². The standard InChI is InChI=1S/C14H12N4O2S/c19-18(20)14-2-1-13(11-4-5-15-7-12(11)14)16-6-3-10-8-21-9-17-10/h1-2,4-5,7-9,16H,3,6H2. The van der Waals surface area contributed by atoms with Crippen molar-refractivity contribution < 1.29 is 4.92 Å². The van der Waals surface area contributed by atoms with Crippen molar-refractivity contribution in [1.29, 1.82) is 0 Å². The Bertz CT molecular complexity index is 774. The van der Waals surface area contributed by atoms with Gasteiger partial charge in [-0.25, -0.2) is 4.98 Å². The summed E-state index contributed by atoms with van der Waals surface area (Å²) in [6.07, 6.45) is 3.98. The van der Waals surface area contributed by atoms with E-state index in [-0.39, 0.29) is 10.6 Å². The van der Waals surface area contributed by atoms with Crippen molar-refractivity contribution in [3.8, 4) is 0 Å². The van der Waals surface area contributed by atoms with Gasteiger partial charge in [-0.3, -0.25) is 15.1 Å². The molecule has 0 aliphatic carbocycles. The molecule has 21 heavy (non-hydrogen) atoms. The molecule has 2 heterocycles. The summed E-state index contributed by atoms with van der Waals surface area (Å²) in [5.41, 5.74) is 3.79. The minimum absolute atomic E-state index is 0.0724. The maximum Gasteiger partial charge on any atom is 0.278 e. The Morgan fingerprint density at radius 3 is 2.95 bits per heavy atom. The number of hydrogen-bond acceptors (Lipinski definition) is 6. The van der Waals surface area contributed by atoms with Crippen LogP contribution in [0.25, 0.3) is 10.8 Å². The van der Waals surface area contributed by atoms with Crippen LogP contribution in [0.1, 0.15) is 5.69 Å². The van der Waals surface area contributed by atoms with E-state index in [1.165, 1.54) is 12.3 Å². The van der Waals surface area contributed by atoms with E-state index in [2.05, 4.69) is 15.3 Å². The Morgan fingerprint density at radius 1 is 1.29 bits per heavy atom. The minimum Gasteiger partial charge on any atom is -0.384 e. The Hall–Kier alpha value is -2.54. The molecule has 2 aromatic heterocycles. The van der Waals surface area contributed by atoms with E-state index in [1.54, 1.807) is 29.7 Å². The van der Waals surface area contributed by atoms with Gasteiger partial charge >= 0.3 is 0 Å². The first-order chi connectivity index (χ1) is 10.3. The summed E-state index contributed by atoms with van der Waals surface area (Å²) in [6.45, 7) is 0.721. The number of thiazole rings is 1. The predicted molar refractivity (Wildman–Crippen MR) is 82.7 cm³/mol. The Morgan fingerprint density at radius 2 is 2.19 bits per heavy atom. The molecule has 3 rings (SSSR count). The third-order valence-electron chi connectivity index (χ3n) is 3.17. The van der Waals surface area contributed by atoms with E-state index in [4.69, 9.17) is 0 Å². The summed E-state index contributed by atoms with van der Waals surface area (Å²) in [7, 11) is 0. The van der Waals surface area contributed by atoms with Crippen molar-refractivity contribution in [2.45, 2.75) is 6.42 Å². The first kappa shape index (κ1) is 13.4. The minimum atomic E-state index is -0.386. The number of hydrogen-bond donors (Lipinski definition) is 1. The summed E-state index contributed by atoms with van der Waals surface area (Å²) < 4.78 is 0. The largest absolute Gasteiger partial charge is 0.384 e. The van der Waals surface area contributed by atoms with Gasteiger partial charge in [0.05, 0.1) is 21.5 Å². The number of rotatable bonds is 5. The number of nitrogens with zero attached hydrogens (tertiary/aromatic N) is 3. The lowest BCUT2D eigenvalue weighted by atomic mass is 10.1. The van der Waals surface area contributed by atoms with Crippen LogP contribution in [0.4, 0.5) is 11.4 Å². The average molecular weight is 300 g/mol. The van der Waals surface area contributed by atoms with Crippen molar-refractivity contribution in [2.75, 3.05) is 11.9 Å². The lowest BCUT2D eigenvalue weighted by Crippen LogP contribution is -2.05. The molecular formula is C14H12N4O2S. The third-order valence-corrected chi connectivity index (χ3v) is 3.81. The fourth-order valence-electron chi connectivity index (χ4n) is 2.17. The van der Waals surface area contributed by atoms with Gasteiger partial charge in [-0.15, -0.1) is 11.3 Å². The molecule has 0 amide bonds. The fourth-order valence-corrected chi connectivity index (χ4v) is 2.77. The molecule has 0 bridgehead atoms. The zero-order chi connectivity index (χ0) is 14.7. The molecule has 1 aromatic carbocycles. The molecule has 1 N–H and O–H groups in total. The van der Waals surface area contributed by atoms with E-state index in [0.29, 0.717) is 5.39 Å². The van der Waals surface area contributed by atoms with Crippen molar-refractivity contribution in [3.63, 3.8) is 0 Å². The van der Waals surface area contributed by atoms with Crippen molar-refractivity contribution >= 4 is 33.5 Å². The van der Waals surface area contributed by atoms with Crippen molar-refractivity contribution in [2.24, 2.45) is 0 Å². The second kappa shape index (κ2) is 5.84. The van der Waals surface area contributed by atoms with E-state index in [9.17, 15) is 10.1 Å². The number of aromatic nitrogens is 2. The highest BCUT2D eigenvalue weighted by molar-refractivity contribution is 7.07. The number of nitrogens with one attached hydrogen (secondary N) is 1. The molecule has 7 heteroatoms. The topological polar surface area (TPSA) is 81.0 Å². The summed E-state index contributed by atoms with van der Waals surface area (Å²) in [5, 5.41) is 17.7. The second-order valence-corrected chi connectivity index (χ2v) is 5.19. The SMILES string of the molecule is O=[N+]([O-])c1ccc(NCCc2cscn2)c2ccncc12. The molecule has 3 aromatic rings. The molecule has 0 unspecified atom stereocenters. The van der Waals surface area contributed by atoms with Crippen LogP contribution in [0.15, 0.2) is 41.5 Å². The quantitative estimate of drug-likeness (QED) is 0.578. The van der Waals surface area contributed by atoms with Crippen molar-refractivity contribution in [1.82, 2.24) is 9.97 Å². The van der Waals surface area contributed by atoms with Gasteiger partial charge in [0.25, 0.3) is 5.69 Å². The Kier molecular flexibility index (Phi) is 3.74. The van der Waals surface area contributed by atoms with Crippen LogP contribution in [0.3, 0.4) is 0 Å². The van der Waals surface area contributed by atoms with Gasteiger partial charge in [-0.05, 0) is 12.1 Å². The molecular weight excluding hydrogens is 288 g/mol.